The first-order valence-corrected chi connectivity index (χ1v) is 6.98. The van der Waals surface area contributed by atoms with Crippen molar-refractivity contribution in [1.29, 1.82) is 0 Å². The number of thioether (sulfide) groups is 1. The minimum atomic E-state index is 0.969. The standard InChI is InChI=1S/C10H18N2S2/c1-4-11-6-9-8(3)12-10(14-9)7-13-5-2/h11H,4-7H2,1-3H3. The highest BCUT2D eigenvalue weighted by atomic mass is 32.2. The van der Waals surface area contributed by atoms with E-state index in [-0.39, 0.29) is 0 Å². The molecule has 0 atom stereocenters. The first-order valence-electron chi connectivity index (χ1n) is 5.01. The molecule has 1 rings (SSSR count). The van der Waals surface area contributed by atoms with E-state index < -0.39 is 0 Å². The molecule has 4 heteroatoms. The Labute approximate surface area is 94.5 Å². The Hall–Kier alpha value is -0.0600. The van der Waals surface area contributed by atoms with Gasteiger partial charge in [-0.1, -0.05) is 13.8 Å². The van der Waals surface area contributed by atoms with Gasteiger partial charge in [-0.2, -0.15) is 11.8 Å². The summed E-state index contributed by atoms with van der Waals surface area (Å²) in [6, 6.07) is 0. The number of hydrogen-bond donors (Lipinski definition) is 1. The zero-order valence-corrected chi connectivity index (χ0v) is 10.7. The largest absolute Gasteiger partial charge is 0.312 e. The number of nitrogens with one attached hydrogen (secondary N) is 1. The molecular weight excluding hydrogens is 212 g/mol. The van der Waals surface area contributed by atoms with Gasteiger partial charge in [-0.05, 0) is 19.2 Å². The van der Waals surface area contributed by atoms with Gasteiger partial charge in [-0.25, -0.2) is 4.98 Å². The number of aromatic nitrogens is 1. The molecule has 0 aromatic carbocycles. The summed E-state index contributed by atoms with van der Waals surface area (Å²) in [4.78, 5) is 5.95. The summed E-state index contributed by atoms with van der Waals surface area (Å²) in [7, 11) is 0. The molecule has 0 saturated carbocycles. The van der Waals surface area contributed by atoms with Gasteiger partial charge in [0.15, 0.2) is 0 Å². The second kappa shape index (κ2) is 6.43. The lowest BCUT2D eigenvalue weighted by Crippen LogP contribution is -2.11. The van der Waals surface area contributed by atoms with Crippen LogP contribution < -0.4 is 5.32 Å². The van der Waals surface area contributed by atoms with Crippen LogP contribution in [0.2, 0.25) is 0 Å². The topological polar surface area (TPSA) is 24.9 Å². The van der Waals surface area contributed by atoms with Crippen molar-refractivity contribution in [2.45, 2.75) is 33.1 Å². The average molecular weight is 230 g/mol. The first-order chi connectivity index (χ1) is 6.77. The predicted octanol–water partition coefficient (Wildman–Crippen LogP) is 2.81. The summed E-state index contributed by atoms with van der Waals surface area (Å²) < 4.78 is 0. The molecule has 0 fully saturated rings. The van der Waals surface area contributed by atoms with Crippen molar-refractivity contribution in [2.75, 3.05) is 12.3 Å². The summed E-state index contributed by atoms with van der Waals surface area (Å²) in [5.74, 6) is 2.23. The summed E-state index contributed by atoms with van der Waals surface area (Å²) >= 11 is 3.78. The number of rotatable bonds is 6. The fourth-order valence-corrected chi connectivity index (χ4v) is 2.91. The molecule has 1 N–H and O–H groups in total. The zero-order valence-electron chi connectivity index (χ0n) is 9.09. The van der Waals surface area contributed by atoms with Crippen molar-refractivity contribution >= 4 is 23.1 Å². The maximum atomic E-state index is 4.56. The van der Waals surface area contributed by atoms with Crippen LogP contribution in [0.4, 0.5) is 0 Å². The van der Waals surface area contributed by atoms with Crippen molar-refractivity contribution in [3.05, 3.63) is 15.6 Å². The fourth-order valence-electron chi connectivity index (χ4n) is 1.14. The molecule has 1 aromatic rings. The highest BCUT2D eigenvalue weighted by Gasteiger charge is 2.06. The van der Waals surface area contributed by atoms with E-state index in [1.165, 1.54) is 21.3 Å². The lowest BCUT2D eigenvalue weighted by Gasteiger charge is -1.97. The second-order valence-electron chi connectivity index (χ2n) is 3.03. The van der Waals surface area contributed by atoms with E-state index in [0.717, 1.165) is 18.8 Å². The van der Waals surface area contributed by atoms with Crippen molar-refractivity contribution in [2.24, 2.45) is 0 Å². The third-order valence-electron chi connectivity index (χ3n) is 1.90. The zero-order chi connectivity index (χ0) is 10.4. The minimum Gasteiger partial charge on any atom is -0.312 e. The average Bonchev–Trinajstić information content (AvgIpc) is 2.53. The predicted molar refractivity (Wildman–Crippen MR) is 66.1 cm³/mol. The van der Waals surface area contributed by atoms with Crippen LogP contribution in [0.15, 0.2) is 0 Å². The van der Waals surface area contributed by atoms with Crippen LogP contribution in [0.25, 0.3) is 0 Å². The van der Waals surface area contributed by atoms with Gasteiger partial charge < -0.3 is 5.32 Å². The molecule has 0 saturated heterocycles. The number of aryl methyl sites for hydroxylation is 1. The molecule has 2 nitrogen and oxygen atoms in total. The molecule has 0 amide bonds. The van der Waals surface area contributed by atoms with E-state index in [1.54, 1.807) is 0 Å². The van der Waals surface area contributed by atoms with Crippen LogP contribution in [0.3, 0.4) is 0 Å². The lowest BCUT2D eigenvalue weighted by molar-refractivity contribution is 0.731. The Kier molecular flexibility index (Phi) is 5.52. The highest BCUT2D eigenvalue weighted by molar-refractivity contribution is 7.98. The maximum absolute atomic E-state index is 4.56. The van der Waals surface area contributed by atoms with Crippen LogP contribution in [0.5, 0.6) is 0 Å². The Morgan fingerprint density at radius 3 is 2.86 bits per heavy atom. The van der Waals surface area contributed by atoms with Crippen LogP contribution in [-0.2, 0) is 12.3 Å². The lowest BCUT2D eigenvalue weighted by atomic mass is 10.4. The smallest absolute Gasteiger partial charge is 0.103 e. The van der Waals surface area contributed by atoms with Gasteiger partial charge in [-0.15, -0.1) is 11.3 Å². The third kappa shape index (κ3) is 3.59. The van der Waals surface area contributed by atoms with Crippen molar-refractivity contribution in [3.8, 4) is 0 Å². The molecule has 0 aliphatic heterocycles. The van der Waals surface area contributed by atoms with E-state index >= 15 is 0 Å². The molecule has 1 aromatic heterocycles. The van der Waals surface area contributed by atoms with Crippen LogP contribution in [0, 0.1) is 6.92 Å². The summed E-state index contributed by atoms with van der Waals surface area (Å²) in [5, 5.41) is 4.60. The first kappa shape index (κ1) is 12.0. The summed E-state index contributed by atoms with van der Waals surface area (Å²) in [5.41, 5.74) is 1.20. The second-order valence-corrected chi connectivity index (χ2v) is 5.48. The molecule has 80 valence electrons. The molecule has 0 spiro atoms. The molecule has 0 bridgehead atoms. The SMILES string of the molecule is CCNCc1sc(CSCC)nc1C. The van der Waals surface area contributed by atoms with Gasteiger partial charge in [0.25, 0.3) is 0 Å². The monoisotopic (exact) mass is 230 g/mol. The molecule has 14 heavy (non-hydrogen) atoms. The van der Waals surface area contributed by atoms with E-state index in [9.17, 15) is 0 Å². The van der Waals surface area contributed by atoms with E-state index in [1.807, 2.05) is 23.1 Å². The Balaban J connectivity index is 2.53. The maximum Gasteiger partial charge on any atom is 0.103 e. The molecule has 1 heterocycles. The van der Waals surface area contributed by atoms with E-state index in [0.29, 0.717) is 0 Å². The van der Waals surface area contributed by atoms with Gasteiger partial charge in [0, 0.05) is 17.2 Å². The molecule has 0 aliphatic rings. The van der Waals surface area contributed by atoms with E-state index in [4.69, 9.17) is 0 Å². The fraction of sp³-hybridized carbons (Fsp3) is 0.700. The normalized spacial score (nSPS) is 10.8. The van der Waals surface area contributed by atoms with Gasteiger partial charge >= 0.3 is 0 Å². The number of hydrogen-bond acceptors (Lipinski definition) is 4. The van der Waals surface area contributed by atoms with E-state index in [2.05, 4.69) is 31.1 Å². The van der Waals surface area contributed by atoms with Gasteiger partial charge in [0.2, 0.25) is 0 Å². The number of thiazole rings is 1. The quantitative estimate of drug-likeness (QED) is 0.813. The Bertz CT molecular complexity index is 271. The van der Waals surface area contributed by atoms with Gasteiger partial charge in [0.1, 0.15) is 5.01 Å². The third-order valence-corrected chi connectivity index (χ3v) is 4.13. The minimum absolute atomic E-state index is 0.969. The Morgan fingerprint density at radius 2 is 2.21 bits per heavy atom. The van der Waals surface area contributed by atoms with Crippen LogP contribution >= 0.6 is 23.1 Å². The summed E-state index contributed by atoms with van der Waals surface area (Å²) in [6.45, 7) is 8.41. The Morgan fingerprint density at radius 1 is 1.43 bits per heavy atom. The number of nitrogens with zero attached hydrogens (tertiary/aromatic N) is 1. The van der Waals surface area contributed by atoms with Gasteiger partial charge in [0.05, 0.1) is 5.69 Å². The van der Waals surface area contributed by atoms with Crippen LogP contribution in [-0.4, -0.2) is 17.3 Å². The van der Waals surface area contributed by atoms with Crippen LogP contribution in [0.1, 0.15) is 29.4 Å². The van der Waals surface area contributed by atoms with Crippen molar-refractivity contribution in [1.82, 2.24) is 10.3 Å². The van der Waals surface area contributed by atoms with Gasteiger partial charge in [-0.3, -0.25) is 0 Å². The summed E-state index contributed by atoms with van der Waals surface area (Å²) in [6.07, 6.45) is 0. The van der Waals surface area contributed by atoms with Crippen molar-refractivity contribution in [3.63, 3.8) is 0 Å². The highest BCUT2D eigenvalue weighted by Crippen LogP contribution is 2.21. The van der Waals surface area contributed by atoms with Crippen molar-refractivity contribution < 1.29 is 0 Å². The molecule has 0 unspecified atom stereocenters. The molecule has 0 radical (unpaired) electrons. The molecular formula is C10H18N2S2. The molecule has 0 aliphatic carbocycles.